The molecule has 84 valence electrons. The van der Waals surface area contributed by atoms with E-state index in [1.165, 1.54) is 13.0 Å². The highest BCUT2D eigenvalue weighted by molar-refractivity contribution is 6.01. The van der Waals surface area contributed by atoms with Crippen molar-refractivity contribution in [3.05, 3.63) is 41.7 Å². The lowest BCUT2D eigenvalue weighted by Gasteiger charge is -2.09. The molecule has 4 nitrogen and oxygen atoms in total. The maximum Gasteiger partial charge on any atom is 0.248 e. The number of primary amides is 1. The number of nitrogens with one attached hydrogen (secondary N) is 1. The molecule has 16 heavy (non-hydrogen) atoms. The Kier molecular flexibility index (Phi) is 3.40. The largest absolute Gasteiger partial charge is 0.366 e. The molecular formula is C11H11FN2O2. The second-order valence-corrected chi connectivity index (χ2v) is 3.19. The summed E-state index contributed by atoms with van der Waals surface area (Å²) in [6, 6.07) is 2.35. The van der Waals surface area contributed by atoms with E-state index in [2.05, 4.69) is 11.9 Å². The number of nitrogens with two attached hydrogens (primary N) is 1. The Hall–Kier alpha value is -2.17. The van der Waals surface area contributed by atoms with Crippen molar-refractivity contribution in [2.45, 2.75) is 6.92 Å². The SMILES string of the molecule is C=CC(=O)Nc1cc(C(N)=O)cc(F)c1C. The zero-order valence-electron chi connectivity index (χ0n) is 8.71. The lowest BCUT2D eigenvalue weighted by Crippen LogP contribution is -2.14. The van der Waals surface area contributed by atoms with E-state index in [1.807, 2.05) is 0 Å². The van der Waals surface area contributed by atoms with E-state index < -0.39 is 17.6 Å². The highest BCUT2D eigenvalue weighted by atomic mass is 19.1. The molecule has 0 aliphatic carbocycles. The summed E-state index contributed by atoms with van der Waals surface area (Å²) in [5.41, 5.74) is 5.47. The van der Waals surface area contributed by atoms with Crippen LogP contribution >= 0.6 is 0 Å². The Morgan fingerprint density at radius 1 is 1.50 bits per heavy atom. The minimum Gasteiger partial charge on any atom is -0.366 e. The number of halogens is 1. The maximum absolute atomic E-state index is 13.4. The standard InChI is InChI=1S/C11H11FN2O2/c1-3-10(15)14-9-5-7(11(13)16)4-8(12)6(9)2/h3-5H,1H2,2H3,(H2,13,16)(H,14,15). The van der Waals surface area contributed by atoms with E-state index >= 15 is 0 Å². The molecule has 0 saturated carbocycles. The average Bonchev–Trinajstić information content (AvgIpc) is 2.23. The quantitative estimate of drug-likeness (QED) is 0.758. The number of rotatable bonds is 3. The summed E-state index contributed by atoms with van der Waals surface area (Å²) in [6.07, 6.45) is 1.05. The first-order valence-electron chi connectivity index (χ1n) is 4.49. The Labute approximate surface area is 91.9 Å². The van der Waals surface area contributed by atoms with E-state index in [-0.39, 0.29) is 16.8 Å². The van der Waals surface area contributed by atoms with Crippen molar-refractivity contribution < 1.29 is 14.0 Å². The summed E-state index contributed by atoms with van der Waals surface area (Å²) in [5.74, 6) is -1.84. The summed E-state index contributed by atoms with van der Waals surface area (Å²) >= 11 is 0. The lowest BCUT2D eigenvalue weighted by atomic mass is 10.1. The van der Waals surface area contributed by atoms with Crippen LogP contribution in [0.15, 0.2) is 24.8 Å². The highest BCUT2D eigenvalue weighted by Crippen LogP contribution is 2.20. The molecular weight excluding hydrogens is 211 g/mol. The summed E-state index contributed by atoms with van der Waals surface area (Å²) in [4.78, 5) is 22.0. The smallest absolute Gasteiger partial charge is 0.248 e. The third-order valence-corrected chi connectivity index (χ3v) is 2.07. The van der Waals surface area contributed by atoms with Crippen LogP contribution in [0.3, 0.4) is 0 Å². The Morgan fingerprint density at radius 2 is 2.12 bits per heavy atom. The summed E-state index contributed by atoms with van der Waals surface area (Å²) in [6.45, 7) is 4.75. The fraction of sp³-hybridized carbons (Fsp3) is 0.0909. The van der Waals surface area contributed by atoms with E-state index in [0.29, 0.717) is 0 Å². The Balaban J connectivity index is 3.21. The number of hydrogen-bond acceptors (Lipinski definition) is 2. The normalized spacial score (nSPS) is 9.62. The van der Waals surface area contributed by atoms with Gasteiger partial charge in [0.2, 0.25) is 11.8 Å². The van der Waals surface area contributed by atoms with Crippen LogP contribution in [0.1, 0.15) is 15.9 Å². The number of carbonyl (C=O) groups excluding carboxylic acids is 2. The van der Waals surface area contributed by atoms with Gasteiger partial charge in [-0.3, -0.25) is 9.59 Å². The van der Waals surface area contributed by atoms with Gasteiger partial charge in [0, 0.05) is 16.8 Å². The molecule has 0 heterocycles. The zero-order valence-corrected chi connectivity index (χ0v) is 8.71. The zero-order chi connectivity index (χ0) is 12.3. The van der Waals surface area contributed by atoms with E-state index in [9.17, 15) is 14.0 Å². The van der Waals surface area contributed by atoms with Crippen LogP contribution in [0, 0.1) is 12.7 Å². The predicted octanol–water partition coefficient (Wildman–Crippen LogP) is 1.36. The fourth-order valence-corrected chi connectivity index (χ4v) is 1.13. The van der Waals surface area contributed by atoms with Crippen LogP contribution in [-0.4, -0.2) is 11.8 Å². The first-order valence-corrected chi connectivity index (χ1v) is 4.49. The van der Waals surface area contributed by atoms with Crippen LogP contribution < -0.4 is 11.1 Å². The molecule has 1 aromatic rings. The van der Waals surface area contributed by atoms with Crippen LogP contribution in [0.2, 0.25) is 0 Å². The van der Waals surface area contributed by atoms with Crippen LogP contribution in [0.25, 0.3) is 0 Å². The number of hydrogen-bond donors (Lipinski definition) is 2. The fourth-order valence-electron chi connectivity index (χ4n) is 1.13. The van der Waals surface area contributed by atoms with Gasteiger partial charge in [0.25, 0.3) is 0 Å². The highest BCUT2D eigenvalue weighted by Gasteiger charge is 2.11. The van der Waals surface area contributed by atoms with Gasteiger partial charge in [0.15, 0.2) is 0 Å². The molecule has 0 saturated heterocycles. The Bertz CT molecular complexity index is 469. The molecule has 1 rings (SSSR count). The van der Waals surface area contributed by atoms with E-state index in [4.69, 9.17) is 5.73 Å². The molecule has 0 aromatic heterocycles. The minimum absolute atomic E-state index is 0.00228. The molecule has 0 spiro atoms. The molecule has 5 heteroatoms. The van der Waals surface area contributed by atoms with Gasteiger partial charge in [0.05, 0.1) is 0 Å². The monoisotopic (exact) mass is 222 g/mol. The van der Waals surface area contributed by atoms with Crippen LogP contribution in [-0.2, 0) is 4.79 Å². The first kappa shape index (κ1) is 11.9. The van der Waals surface area contributed by atoms with Crippen molar-refractivity contribution in [1.82, 2.24) is 0 Å². The van der Waals surface area contributed by atoms with Crippen molar-refractivity contribution in [2.24, 2.45) is 5.73 Å². The number of amides is 2. The molecule has 0 radical (unpaired) electrons. The summed E-state index contributed by atoms with van der Waals surface area (Å²) in [7, 11) is 0. The number of anilines is 1. The molecule has 0 fully saturated rings. The maximum atomic E-state index is 13.4. The Morgan fingerprint density at radius 3 is 2.62 bits per heavy atom. The summed E-state index contributed by atoms with van der Waals surface area (Å²) < 4.78 is 13.4. The molecule has 3 N–H and O–H groups in total. The van der Waals surface area contributed by atoms with Crippen molar-refractivity contribution in [2.75, 3.05) is 5.32 Å². The van der Waals surface area contributed by atoms with Gasteiger partial charge < -0.3 is 11.1 Å². The van der Waals surface area contributed by atoms with E-state index in [0.717, 1.165) is 12.1 Å². The number of carbonyl (C=O) groups is 2. The van der Waals surface area contributed by atoms with Gasteiger partial charge in [0.1, 0.15) is 5.82 Å². The van der Waals surface area contributed by atoms with Gasteiger partial charge >= 0.3 is 0 Å². The molecule has 1 aromatic carbocycles. The topological polar surface area (TPSA) is 72.2 Å². The molecule has 0 unspecified atom stereocenters. The first-order chi connectivity index (χ1) is 7.45. The lowest BCUT2D eigenvalue weighted by molar-refractivity contribution is -0.111. The van der Waals surface area contributed by atoms with Crippen molar-refractivity contribution in [3.8, 4) is 0 Å². The van der Waals surface area contributed by atoms with Gasteiger partial charge in [-0.05, 0) is 25.1 Å². The molecule has 0 atom stereocenters. The van der Waals surface area contributed by atoms with Crippen LogP contribution in [0.4, 0.5) is 10.1 Å². The van der Waals surface area contributed by atoms with Crippen molar-refractivity contribution in [3.63, 3.8) is 0 Å². The molecule has 0 aliphatic rings. The van der Waals surface area contributed by atoms with Crippen LogP contribution in [0.5, 0.6) is 0 Å². The van der Waals surface area contributed by atoms with Crippen molar-refractivity contribution in [1.29, 1.82) is 0 Å². The van der Waals surface area contributed by atoms with Gasteiger partial charge in [-0.15, -0.1) is 0 Å². The minimum atomic E-state index is -0.756. The van der Waals surface area contributed by atoms with Crippen molar-refractivity contribution >= 4 is 17.5 Å². The second-order valence-electron chi connectivity index (χ2n) is 3.19. The molecule has 0 bridgehead atoms. The van der Waals surface area contributed by atoms with Gasteiger partial charge in [-0.2, -0.15) is 0 Å². The average molecular weight is 222 g/mol. The number of benzene rings is 1. The molecule has 0 aliphatic heterocycles. The third kappa shape index (κ3) is 2.44. The van der Waals surface area contributed by atoms with Gasteiger partial charge in [-0.25, -0.2) is 4.39 Å². The summed E-state index contributed by atoms with van der Waals surface area (Å²) in [5, 5.41) is 2.39. The van der Waals surface area contributed by atoms with E-state index in [1.54, 1.807) is 0 Å². The van der Waals surface area contributed by atoms with Gasteiger partial charge in [-0.1, -0.05) is 6.58 Å². The second kappa shape index (κ2) is 4.57. The predicted molar refractivity (Wildman–Crippen MR) is 58.5 cm³/mol. The third-order valence-electron chi connectivity index (χ3n) is 2.07. The molecule has 2 amide bonds.